The van der Waals surface area contributed by atoms with Crippen LogP contribution in [0.1, 0.15) is 36.4 Å². The van der Waals surface area contributed by atoms with E-state index in [-0.39, 0.29) is 0 Å². The Morgan fingerprint density at radius 1 is 1.17 bits per heavy atom. The van der Waals surface area contributed by atoms with Gasteiger partial charge in [-0.1, -0.05) is 49.3 Å². The van der Waals surface area contributed by atoms with Crippen molar-refractivity contribution < 1.29 is 4.52 Å². The highest BCUT2D eigenvalue weighted by molar-refractivity contribution is 5.79. The van der Waals surface area contributed by atoms with Crippen molar-refractivity contribution >= 4 is 5.96 Å². The normalized spacial score (nSPS) is 11.6. The zero-order valence-electron chi connectivity index (χ0n) is 14.5. The number of hydrogen-bond acceptors (Lipinski definition) is 3. The van der Waals surface area contributed by atoms with Crippen LogP contribution in [0.25, 0.3) is 0 Å². The Morgan fingerprint density at radius 3 is 2.52 bits per heavy atom. The van der Waals surface area contributed by atoms with Gasteiger partial charge in [0.25, 0.3) is 0 Å². The first kappa shape index (κ1) is 17.1. The number of aliphatic imine (C=N–C) groups is 1. The van der Waals surface area contributed by atoms with Gasteiger partial charge < -0.3 is 14.7 Å². The largest absolute Gasteiger partial charge is 0.361 e. The van der Waals surface area contributed by atoms with Crippen LogP contribution in [0.2, 0.25) is 0 Å². The van der Waals surface area contributed by atoms with Gasteiger partial charge >= 0.3 is 0 Å². The van der Waals surface area contributed by atoms with E-state index in [1.54, 1.807) is 0 Å². The number of aryl methyl sites for hydroxylation is 2. The van der Waals surface area contributed by atoms with Crippen LogP contribution in [0.3, 0.4) is 0 Å². The van der Waals surface area contributed by atoms with E-state index in [4.69, 9.17) is 4.52 Å². The molecule has 1 aromatic carbocycles. The van der Waals surface area contributed by atoms with Crippen molar-refractivity contribution in [3.8, 4) is 0 Å². The topological polar surface area (TPSA) is 53.7 Å². The molecule has 0 saturated carbocycles. The van der Waals surface area contributed by atoms with Gasteiger partial charge in [0.2, 0.25) is 0 Å². The third kappa shape index (κ3) is 4.58. The first-order valence-corrected chi connectivity index (χ1v) is 8.11. The lowest BCUT2D eigenvalue weighted by molar-refractivity contribution is 0.380. The molecule has 1 aromatic heterocycles. The zero-order chi connectivity index (χ0) is 16.7. The van der Waals surface area contributed by atoms with Crippen LogP contribution in [-0.2, 0) is 25.9 Å². The zero-order valence-corrected chi connectivity index (χ0v) is 14.5. The molecule has 1 N–H and O–H groups in total. The minimum absolute atomic E-state index is 0.659. The summed E-state index contributed by atoms with van der Waals surface area (Å²) in [6.45, 7) is 5.52. The summed E-state index contributed by atoms with van der Waals surface area (Å²) in [5.74, 6) is 1.81. The van der Waals surface area contributed by atoms with Gasteiger partial charge in [-0.05, 0) is 12.0 Å². The standard InChI is InChI=1S/C18H26N4O/c1-5-16-15(17(6-2)23-21-16)13-20-18(22(3)4)19-12-14-10-8-7-9-11-14/h7-11H,5-6,12-13H2,1-4H3,(H,19,20). The van der Waals surface area contributed by atoms with Gasteiger partial charge in [-0.3, -0.25) is 0 Å². The van der Waals surface area contributed by atoms with E-state index in [2.05, 4.69) is 41.4 Å². The van der Waals surface area contributed by atoms with Crippen molar-refractivity contribution in [2.45, 2.75) is 39.8 Å². The first-order chi connectivity index (χ1) is 11.2. The van der Waals surface area contributed by atoms with Gasteiger partial charge in [-0.25, -0.2) is 4.99 Å². The molecule has 0 amide bonds. The molecule has 0 fully saturated rings. The van der Waals surface area contributed by atoms with Crippen LogP contribution in [0.5, 0.6) is 0 Å². The minimum atomic E-state index is 0.659. The fraction of sp³-hybridized carbons (Fsp3) is 0.444. The van der Waals surface area contributed by atoms with Crippen molar-refractivity contribution in [1.29, 1.82) is 0 Å². The molecule has 5 heteroatoms. The predicted octanol–water partition coefficient (Wildman–Crippen LogP) is 3.01. The fourth-order valence-corrected chi connectivity index (χ4v) is 2.41. The molecule has 0 aliphatic rings. The molecule has 124 valence electrons. The molecular weight excluding hydrogens is 288 g/mol. The molecule has 0 radical (unpaired) electrons. The highest BCUT2D eigenvalue weighted by atomic mass is 16.5. The van der Waals surface area contributed by atoms with E-state index in [1.165, 1.54) is 5.56 Å². The lowest BCUT2D eigenvalue weighted by atomic mass is 10.1. The monoisotopic (exact) mass is 314 g/mol. The van der Waals surface area contributed by atoms with Crippen molar-refractivity contribution in [1.82, 2.24) is 15.4 Å². The average molecular weight is 314 g/mol. The van der Waals surface area contributed by atoms with E-state index in [0.29, 0.717) is 13.1 Å². The number of hydrogen-bond donors (Lipinski definition) is 1. The quantitative estimate of drug-likeness (QED) is 0.658. The molecule has 0 aliphatic carbocycles. The van der Waals surface area contributed by atoms with Crippen molar-refractivity contribution in [3.05, 3.63) is 52.9 Å². The lowest BCUT2D eigenvalue weighted by Crippen LogP contribution is -2.36. The van der Waals surface area contributed by atoms with Crippen LogP contribution in [0, 0.1) is 0 Å². The third-order valence-electron chi connectivity index (χ3n) is 3.71. The lowest BCUT2D eigenvalue weighted by Gasteiger charge is -2.18. The Labute approximate surface area is 138 Å². The second-order valence-corrected chi connectivity index (χ2v) is 5.61. The Hall–Kier alpha value is -2.30. The minimum Gasteiger partial charge on any atom is -0.361 e. The number of nitrogens with one attached hydrogen (secondary N) is 1. The fourth-order valence-electron chi connectivity index (χ4n) is 2.41. The molecule has 2 aromatic rings. The smallest absolute Gasteiger partial charge is 0.194 e. The van der Waals surface area contributed by atoms with E-state index < -0.39 is 0 Å². The van der Waals surface area contributed by atoms with E-state index in [1.807, 2.05) is 37.2 Å². The number of guanidine groups is 1. The van der Waals surface area contributed by atoms with E-state index in [0.717, 1.165) is 35.8 Å². The maximum atomic E-state index is 5.41. The number of nitrogens with zero attached hydrogens (tertiary/aromatic N) is 3. The van der Waals surface area contributed by atoms with Gasteiger partial charge in [-0.15, -0.1) is 0 Å². The highest BCUT2D eigenvalue weighted by Crippen LogP contribution is 2.15. The number of rotatable bonds is 6. The molecule has 0 aliphatic heterocycles. The number of benzene rings is 1. The van der Waals surface area contributed by atoms with Crippen LogP contribution in [-0.4, -0.2) is 30.1 Å². The molecule has 1 heterocycles. The molecule has 5 nitrogen and oxygen atoms in total. The van der Waals surface area contributed by atoms with Gasteiger partial charge in [0, 0.05) is 32.6 Å². The van der Waals surface area contributed by atoms with Gasteiger partial charge in [0.05, 0.1) is 12.2 Å². The second kappa shape index (κ2) is 8.36. The summed E-state index contributed by atoms with van der Waals surface area (Å²) in [4.78, 5) is 6.68. The van der Waals surface area contributed by atoms with Crippen LogP contribution < -0.4 is 5.32 Å². The number of aromatic nitrogens is 1. The molecule has 0 bridgehead atoms. The van der Waals surface area contributed by atoms with Crippen molar-refractivity contribution in [3.63, 3.8) is 0 Å². The van der Waals surface area contributed by atoms with E-state index >= 15 is 0 Å². The third-order valence-corrected chi connectivity index (χ3v) is 3.71. The average Bonchev–Trinajstić information content (AvgIpc) is 2.97. The summed E-state index contributed by atoms with van der Waals surface area (Å²) >= 11 is 0. The highest BCUT2D eigenvalue weighted by Gasteiger charge is 2.14. The predicted molar refractivity (Wildman–Crippen MR) is 93.4 cm³/mol. The van der Waals surface area contributed by atoms with E-state index in [9.17, 15) is 0 Å². The summed E-state index contributed by atoms with van der Waals surface area (Å²) in [6.07, 6.45) is 1.72. The SMILES string of the molecule is CCc1noc(CC)c1CNC(=NCc1ccccc1)N(C)C. The Kier molecular flexibility index (Phi) is 6.20. The van der Waals surface area contributed by atoms with Crippen molar-refractivity contribution in [2.75, 3.05) is 14.1 Å². The second-order valence-electron chi connectivity index (χ2n) is 5.61. The molecule has 0 unspecified atom stereocenters. The Balaban J connectivity index is 2.07. The molecule has 0 spiro atoms. The molecule has 23 heavy (non-hydrogen) atoms. The molecule has 0 atom stereocenters. The van der Waals surface area contributed by atoms with Crippen LogP contribution >= 0.6 is 0 Å². The first-order valence-electron chi connectivity index (χ1n) is 8.11. The maximum Gasteiger partial charge on any atom is 0.194 e. The molecular formula is C18H26N4O. The summed E-state index contributed by atoms with van der Waals surface area (Å²) in [5, 5.41) is 7.57. The maximum absolute atomic E-state index is 5.41. The summed E-state index contributed by atoms with van der Waals surface area (Å²) in [6, 6.07) is 10.3. The molecule has 2 rings (SSSR count). The van der Waals surface area contributed by atoms with Crippen LogP contribution in [0.4, 0.5) is 0 Å². The van der Waals surface area contributed by atoms with Gasteiger partial charge in [-0.2, -0.15) is 0 Å². The van der Waals surface area contributed by atoms with Crippen molar-refractivity contribution in [2.24, 2.45) is 4.99 Å². The van der Waals surface area contributed by atoms with Gasteiger partial charge in [0.15, 0.2) is 5.96 Å². The summed E-state index contributed by atoms with van der Waals surface area (Å²) in [7, 11) is 3.98. The van der Waals surface area contributed by atoms with Crippen LogP contribution in [0.15, 0.2) is 39.8 Å². The summed E-state index contributed by atoms with van der Waals surface area (Å²) < 4.78 is 5.41. The van der Waals surface area contributed by atoms with Gasteiger partial charge in [0.1, 0.15) is 5.76 Å². The molecule has 0 saturated heterocycles. The Bertz CT molecular complexity index is 610. The Morgan fingerprint density at radius 2 is 1.91 bits per heavy atom. The summed E-state index contributed by atoms with van der Waals surface area (Å²) in [5.41, 5.74) is 3.38.